The first-order valence-electron chi connectivity index (χ1n) is 9.32. The Hall–Kier alpha value is -1.22. The zero-order valence-corrected chi connectivity index (χ0v) is 14.3. The molecule has 3 heteroatoms. The van der Waals surface area contributed by atoms with Gasteiger partial charge in [-0.15, -0.1) is 0 Å². The number of benzene rings is 1. The molecule has 3 N–H and O–H groups in total. The molecule has 4 rings (SSSR count). The number of rotatable bonds is 2. The van der Waals surface area contributed by atoms with Gasteiger partial charge in [-0.3, -0.25) is 0 Å². The first-order chi connectivity index (χ1) is 11.0. The highest BCUT2D eigenvalue weighted by atomic mass is 16.3. The van der Waals surface area contributed by atoms with E-state index in [1.165, 1.54) is 30.4 Å². The van der Waals surface area contributed by atoms with E-state index in [-0.39, 0.29) is 11.5 Å². The summed E-state index contributed by atoms with van der Waals surface area (Å²) in [5.41, 5.74) is 3.82. The van der Waals surface area contributed by atoms with Gasteiger partial charge >= 0.3 is 0 Å². The molecule has 126 valence electrons. The van der Waals surface area contributed by atoms with Crippen LogP contribution in [0.5, 0.6) is 5.75 Å². The summed E-state index contributed by atoms with van der Waals surface area (Å²) >= 11 is 0. The molecule has 0 aliphatic heterocycles. The molecule has 1 aromatic carbocycles. The van der Waals surface area contributed by atoms with Crippen LogP contribution in [0.3, 0.4) is 0 Å². The van der Waals surface area contributed by atoms with Crippen molar-refractivity contribution in [1.29, 1.82) is 0 Å². The standard InChI is InChI=1S/C20H29NO2/c1-3-21-17-11-15-12(10-18(17)22)4-5-14-13(15)8-9-20(2)16(14)6-7-19(20)23/h10-11,13-14,16,19,21-23H,3-9H2,1-2H3/t13-,14+,16-,19-,20-/m0/s1. The van der Waals surface area contributed by atoms with Gasteiger partial charge in [0.25, 0.3) is 0 Å². The zero-order chi connectivity index (χ0) is 16.2. The second kappa shape index (κ2) is 5.41. The maximum atomic E-state index is 10.5. The number of hydrogen-bond acceptors (Lipinski definition) is 3. The van der Waals surface area contributed by atoms with Crippen molar-refractivity contribution < 1.29 is 10.2 Å². The third kappa shape index (κ3) is 2.20. The minimum Gasteiger partial charge on any atom is -0.506 e. The van der Waals surface area contributed by atoms with Gasteiger partial charge in [-0.25, -0.2) is 0 Å². The minimum atomic E-state index is -0.105. The lowest BCUT2D eigenvalue weighted by atomic mass is 9.55. The molecular formula is C20H29NO2. The number of nitrogens with one attached hydrogen (secondary N) is 1. The third-order valence-corrected chi connectivity index (χ3v) is 7.16. The van der Waals surface area contributed by atoms with Crippen molar-refractivity contribution in [3.05, 3.63) is 23.3 Å². The molecule has 2 saturated carbocycles. The van der Waals surface area contributed by atoms with Crippen LogP contribution in [-0.4, -0.2) is 22.9 Å². The Morgan fingerprint density at radius 3 is 2.83 bits per heavy atom. The number of anilines is 1. The van der Waals surface area contributed by atoms with Crippen LogP contribution in [0.4, 0.5) is 5.69 Å². The lowest BCUT2D eigenvalue weighted by molar-refractivity contribution is -0.0226. The van der Waals surface area contributed by atoms with Gasteiger partial charge in [0.2, 0.25) is 0 Å². The second-order valence-corrected chi connectivity index (χ2v) is 8.15. The molecule has 0 amide bonds. The average Bonchev–Trinajstić information content (AvgIpc) is 2.84. The number of aryl methyl sites for hydroxylation is 1. The van der Waals surface area contributed by atoms with Gasteiger partial charge in [0.05, 0.1) is 11.8 Å². The van der Waals surface area contributed by atoms with Crippen molar-refractivity contribution in [2.24, 2.45) is 17.3 Å². The monoisotopic (exact) mass is 315 g/mol. The molecule has 23 heavy (non-hydrogen) atoms. The molecule has 0 heterocycles. The van der Waals surface area contributed by atoms with E-state index in [1.54, 1.807) is 0 Å². The molecule has 3 aliphatic carbocycles. The molecule has 0 radical (unpaired) electrons. The number of hydrogen-bond donors (Lipinski definition) is 3. The fraction of sp³-hybridized carbons (Fsp3) is 0.700. The summed E-state index contributed by atoms with van der Waals surface area (Å²) < 4.78 is 0. The SMILES string of the molecule is CCNc1cc2c(cc1O)CC[C@@H]1[C@@H]2CC[C@]2(C)[C@@H](O)CC[C@@H]12. The molecule has 5 atom stereocenters. The number of aromatic hydroxyl groups is 1. The van der Waals surface area contributed by atoms with E-state index in [2.05, 4.69) is 25.2 Å². The van der Waals surface area contributed by atoms with Gasteiger partial charge in [0.1, 0.15) is 5.75 Å². The first kappa shape index (κ1) is 15.3. The Bertz CT molecular complexity index is 614. The number of phenols is 1. The number of phenolic OH excluding ortho intramolecular Hbond substituents is 1. The molecule has 2 fully saturated rings. The van der Waals surface area contributed by atoms with E-state index in [0.29, 0.717) is 23.5 Å². The summed E-state index contributed by atoms with van der Waals surface area (Å²) in [4.78, 5) is 0. The van der Waals surface area contributed by atoms with Crippen molar-refractivity contribution in [3.63, 3.8) is 0 Å². The smallest absolute Gasteiger partial charge is 0.138 e. The van der Waals surface area contributed by atoms with E-state index in [4.69, 9.17) is 0 Å². The zero-order valence-electron chi connectivity index (χ0n) is 14.3. The second-order valence-electron chi connectivity index (χ2n) is 8.15. The summed E-state index contributed by atoms with van der Waals surface area (Å²) in [6.07, 6.45) is 6.66. The summed E-state index contributed by atoms with van der Waals surface area (Å²) in [5, 5.41) is 24.0. The van der Waals surface area contributed by atoms with Gasteiger partial charge in [-0.2, -0.15) is 0 Å². The third-order valence-electron chi connectivity index (χ3n) is 7.16. The number of aliphatic hydroxyl groups is 1. The minimum absolute atomic E-state index is 0.105. The van der Waals surface area contributed by atoms with Crippen molar-refractivity contribution in [2.75, 3.05) is 11.9 Å². The van der Waals surface area contributed by atoms with Crippen molar-refractivity contribution >= 4 is 5.69 Å². The van der Waals surface area contributed by atoms with E-state index in [0.717, 1.165) is 31.5 Å². The summed E-state index contributed by atoms with van der Waals surface area (Å²) in [7, 11) is 0. The van der Waals surface area contributed by atoms with Crippen LogP contribution in [-0.2, 0) is 6.42 Å². The van der Waals surface area contributed by atoms with Crippen LogP contribution in [0.2, 0.25) is 0 Å². The molecule has 0 spiro atoms. The van der Waals surface area contributed by atoms with Crippen LogP contribution >= 0.6 is 0 Å². The summed E-state index contributed by atoms with van der Waals surface area (Å²) in [5.74, 6) is 2.37. The Labute approximate surface area is 139 Å². The van der Waals surface area contributed by atoms with Crippen molar-refractivity contribution in [2.45, 2.75) is 64.4 Å². The normalized spacial score (nSPS) is 38.6. The average molecular weight is 315 g/mol. The van der Waals surface area contributed by atoms with E-state index in [9.17, 15) is 10.2 Å². The van der Waals surface area contributed by atoms with Gasteiger partial charge in [0.15, 0.2) is 0 Å². The van der Waals surface area contributed by atoms with E-state index < -0.39 is 0 Å². The highest BCUT2D eigenvalue weighted by molar-refractivity contribution is 5.61. The van der Waals surface area contributed by atoms with Gasteiger partial charge in [-0.1, -0.05) is 6.92 Å². The van der Waals surface area contributed by atoms with Crippen LogP contribution < -0.4 is 5.32 Å². The largest absolute Gasteiger partial charge is 0.506 e. The molecule has 3 nitrogen and oxygen atoms in total. The molecule has 0 unspecified atom stereocenters. The predicted octanol–water partition coefficient (Wildman–Crippen LogP) is 4.04. The molecular weight excluding hydrogens is 286 g/mol. The van der Waals surface area contributed by atoms with Gasteiger partial charge < -0.3 is 15.5 Å². The molecule has 1 aromatic rings. The number of aliphatic hydroxyl groups excluding tert-OH is 1. The summed E-state index contributed by atoms with van der Waals surface area (Å²) in [6.45, 7) is 5.21. The van der Waals surface area contributed by atoms with Crippen LogP contribution in [0.15, 0.2) is 12.1 Å². The predicted molar refractivity (Wildman–Crippen MR) is 92.9 cm³/mol. The molecule has 0 bridgehead atoms. The quantitative estimate of drug-likeness (QED) is 0.722. The van der Waals surface area contributed by atoms with Gasteiger partial charge in [0, 0.05) is 6.54 Å². The number of fused-ring (bicyclic) bond motifs is 5. The van der Waals surface area contributed by atoms with Crippen LogP contribution in [0, 0.1) is 17.3 Å². The Kier molecular flexibility index (Phi) is 3.60. The van der Waals surface area contributed by atoms with Crippen LogP contribution in [0.1, 0.15) is 63.0 Å². The maximum Gasteiger partial charge on any atom is 0.138 e. The van der Waals surface area contributed by atoms with E-state index in [1.807, 2.05) is 6.07 Å². The molecule has 3 aliphatic rings. The fourth-order valence-corrected chi connectivity index (χ4v) is 5.91. The van der Waals surface area contributed by atoms with Gasteiger partial charge in [-0.05, 0) is 91.9 Å². The Balaban J connectivity index is 1.70. The topological polar surface area (TPSA) is 52.5 Å². The highest BCUT2D eigenvalue weighted by Crippen LogP contribution is 2.61. The molecule has 0 saturated heterocycles. The highest BCUT2D eigenvalue weighted by Gasteiger charge is 2.54. The lowest BCUT2D eigenvalue weighted by Gasteiger charge is -2.50. The summed E-state index contributed by atoms with van der Waals surface area (Å²) in [6, 6.07) is 4.19. The van der Waals surface area contributed by atoms with Crippen molar-refractivity contribution in [1.82, 2.24) is 0 Å². The lowest BCUT2D eigenvalue weighted by Crippen LogP contribution is -2.43. The van der Waals surface area contributed by atoms with Crippen molar-refractivity contribution in [3.8, 4) is 5.75 Å². The maximum absolute atomic E-state index is 10.5. The Morgan fingerprint density at radius 1 is 1.22 bits per heavy atom. The van der Waals surface area contributed by atoms with Crippen LogP contribution in [0.25, 0.3) is 0 Å². The molecule has 0 aromatic heterocycles. The Morgan fingerprint density at radius 2 is 2.04 bits per heavy atom. The van der Waals surface area contributed by atoms with E-state index >= 15 is 0 Å². The fourth-order valence-electron chi connectivity index (χ4n) is 5.91. The first-order valence-corrected chi connectivity index (χ1v) is 9.32.